The lowest BCUT2D eigenvalue weighted by molar-refractivity contribution is -0.128. The normalized spacial score (nSPS) is 19.9. The lowest BCUT2D eigenvalue weighted by atomic mass is 10.1. The van der Waals surface area contributed by atoms with Crippen molar-refractivity contribution < 1.29 is 14.0 Å². The van der Waals surface area contributed by atoms with E-state index in [-0.39, 0.29) is 27.8 Å². The average Bonchev–Trinajstić information content (AvgIpc) is 3.16. The van der Waals surface area contributed by atoms with E-state index in [1.54, 1.807) is 0 Å². The zero-order chi connectivity index (χ0) is 20.0. The Hall–Kier alpha value is -2.58. The number of benzene rings is 2. The van der Waals surface area contributed by atoms with E-state index in [9.17, 15) is 14.0 Å². The maximum absolute atomic E-state index is 13.9. The molecule has 0 aliphatic carbocycles. The Bertz CT molecular complexity index is 1010. The molecule has 1 fully saturated rings. The summed E-state index contributed by atoms with van der Waals surface area (Å²) < 4.78 is 13.9. The van der Waals surface area contributed by atoms with Crippen molar-refractivity contribution in [3.05, 3.63) is 58.4 Å². The van der Waals surface area contributed by atoms with Gasteiger partial charge < -0.3 is 10.2 Å². The summed E-state index contributed by atoms with van der Waals surface area (Å²) in [5.41, 5.74) is 2.59. The van der Waals surface area contributed by atoms with Crippen LogP contribution in [0.3, 0.4) is 0 Å². The van der Waals surface area contributed by atoms with Gasteiger partial charge in [0.2, 0.25) is 0 Å². The van der Waals surface area contributed by atoms with Crippen LogP contribution in [0.2, 0.25) is 5.02 Å². The molecule has 1 N–H and O–H groups in total. The van der Waals surface area contributed by atoms with Crippen molar-refractivity contribution in [2.75, 3.05) is 30.1 Å². The summed E-state index contributed by atoms with van der Waals surface area (Å²) in [4.78, 5) is 26.8. The van der Waals surface area contributed by atoms with Gasteiger partial charge in [0.1, 0.15) is 11.2 Å². The fraction of sp³-hybridized carbons (Fsp3) is 0.211. The standard InChI is InChI=1S/C19H16ClFN4O2S/c1-24(2)11-5-3-10(4-6-11)19-25(16(26)9-28-19)23-17-12-7-14(21)13(20)8-15(12)22-18(17)27/h3-8,19H,9H2,1-2H3,(H,22,23,27)/t19-/m1/s1. The van der Waals surface area contributed by atoms with Crippen LogP contribution < -0.4 is 10.2 Å². The maximum Gasteiger partial charge on any atom is 0.276 e. The summed E-state index contributed by atoms with van der Waals surface area (Å²) in [7, 11) is 3.89. The smallest absolute Gasteiger partial charge is 0.276 e. The molecule has 1 saturated heterocycles. The van der Waals surface area contributed by atoms with Crippen LogP contribution in [0.15, 0.2) is 41.5 Å². The molecule has 2 amide bonds. The number of fused-ring (bicyclic) bond motifs is 1. The zero-order valence-electron chi connectivity index (χ0n) is 15.1. The molecule has 6 nitrogen and oxygen atoms in total. The number of carbonyl (C=O) groups excluding carboxylic acids is 2. The highest BCUT2D eigenvalue weighted by atomic mass is 35.5. The average molecular weight is 419 g/mol. The number of nitrogens with zero attached hydrogens (tertiary/aromatic N) is 3. The first-order chi connectivity index (χ1) is 13.3. The van der Waals surface area contributed by atoms with Gasteiger partial charge in [0.05, 0.1) is 16.5 Å². The van der Waals surface area contributed by atoms with Gasteiger partial charge in [-0.25, -0.2) is 9.40 Å². The van der Waals surface area contributed by atoms with Crippen molar-refractivity contribution in [2.24, 2.45) is 5.10 Å². The Morgan fingerprint density at radius 3 is 2.64 bits per heavy atom. The number of carbonyl (C=O) groups is 2. The minimum atomic E-state index is -0.650. The van der Waals surface area contributed by atoms with Crippen molar-refractivity contribution >= 4 is 52.3 Å². The molecule has 0 radical (unpaired) electrons. The Morgan fingerprint density at radius 2 is 1.96 bits per heavy atom. The second-order valence-corrected chi connectivity index (χ2v) is 8.08. The number of thioether (sulfide) groups is 1. The van der Waals surface area contributed by atoms with E-state index in [4.69, 9.17) is 11.6 Å². The molecule has 9 heteroatoms. The minimum Gasteiger partial charge on any atom is -0.378 e. The van der Waals surface area contributed by atoms with Gasteiger partial charge >= 0.3 is 0 Å². The lowest BCUT2D eigenvalue weighted by Gasteiger charge is -2.20. The molecule has 2 aliphatic rings. The number of hydrazone groups is 1. The molecule has 2 aliphatic heterocycles. The van der Waals surface area contributed by atoms with Crippen molar-refractivity contribution in [3.8, 4) is 0 Å². The summed E-state index contributed by atoms with van der Waals surface area (Å²) in [6, 6.07) is 10.3. The van der Waals surface area contributed by atoms with Crippen molar-refractivity contribution in [3.63, 3.8) is 0 Å². The zero-order valence-corrected chi connectivity index (χ0v) is 16.6. The lowest BCUT2D eigenvalue weighted by Crippen LogP contribution is -2.27. The Labute approximate surface area is 170 Å². The Morgan fingerprint density at radius 1 is 1.25 bits per heavy atom. The number of amides is 2. The molecule has 144 valence electrons. The van der Waals surface area contributed by atoms with Crippen LogP contribution in [0, 0.1) is 5.82 Å². The Balaban J connectivity index is 1.70. The van der Waals surface area contributed by atoms with Crippen LogP contribution in [0.25, 0.3) is 0 Å². The number of halogens is 2. The quantitative estimate of drug-likeness (QED) is 0.828. The molecule has 0 bridgehead atoms. The number of rotatable bonds is 3. The van der Waals surface area contributed by atoms with Crippen LogP contribution >= 0.6 is 23.4 Å². The third-order valence-corrected chi connectivity index (χ3v) is 6.01. The predicted octanol–water partition coefficient (Wildman–Crippen LogP) is 3.48. The van der Waals surface area contributed by atoms with Gasteiger partial charge in [-0.2, -0.15) is 5.10 Å². The molecule has 0 saturated carbocycles. The highest BCUT2D eigenvalue weighted by molar-refractivity contribution is 8.00. The molecule has 2 aromatic carbocycles. The first-order valence-corrected chi connectivity index (χ1v) is 9.88. The predicted molar refractivity (Wildman–Crippen MR) is 109 cm³/mol. The van der Waals surface area contributed by atoms with Crippen LogP contribution in [0.1, 0.15) is 16.5 Å². The number of hydrogen-bond acceptors (Lipinski definition) is 5. The number of anilines is 2. The second kappa shape index (κ2) is 7.10. The Kier molecular flexibility index (Phi) is 4.76. The minimum absolute atomic E-state index is 0.00340. The van der Waals surface area contributed by atoms with Crippen molar-refractivity contribution in [1.29, 1.82) is 0 Å². The topological polar surface area (TPSA) is 65.0 Å². The van der Waals surface area contributed by atoms with Gasteiger partial charge in [-0.15, -0.1) is 11.8 Å². The van der Waals surface area contributed by atoms with Crippen LogP contribution in [0.5, 0.6) is 0 Å². The van der Waals surface area contributed by atoms with Gasteiger partial charge in [-0.05, 0) is 29.8 Å². The molecule has 0 aromatic heterocycles. The first-order valence-electron chi connectivity index (χ1n) is 8.45. The van der Waals surface area contributed by atoms with Crippen LogP contribution in [0.4, 0.5) is 15.8 Å². The molecular formula is C19H16ClFN4O2S. The molecule has 4 rings (SSSR count). The summed E-state index contributed by atoms with van der Waals surface area (Å²) in [6.07, 6.45) is 0. The van der Waals surface area contributed by atoms with Gasteiger partial charge in [-0.1, -0.05) is 23.7 Å². The number of nitrogens with one attached hydrogen (secondary N) is 1. The van der Waals surface area contributed by atoms with E-state index in [2.05, 4.69) is 10.4 Å². The summed E-state index contributed by atoms with van der Waals surface area (Å²) >= 11 is 7.21. The van der Waals surface area contributed by atoms with E-state index < -0.39 is 11.7 Å². The number of hydrogen-bond donors (Lipinski definition) is 1. The molecule has 2 heterocycles. The van der Waals surface area contributed by atoms with E-state index in [0.717, 1.165) is 17.3 Å². The second-order valence-electron chi connectivity index (χ2n) is 6.60. The van der Waals surface area contributed by atoms with E-state index in [0.29, 0.717) is 11.3 Å². The maximum atomic E-state index is 13.9. The summed E-state index contributed by atoms with van der Waals surface area (Å²) in [5.74, 6) is -1.11. The van der Waals surface area contributed by atoms with E-state index in [1.165, 1.54) is 22.8 Å². The molecule has 2 aromatic rings. The highest BCUT2D eigenvalue weighted by Crippen LogP contribution is 2.40. The van der Waals surface area contributed by atoms with Crippen molar-refractivity contribution in [2.45, 2.75) is 5.37 Å². The van der Waals surface area contributed by atoms with E-state index >= 15 is 0 Å². The molecular weight excluding hydrogens is 403 g/mol. The third-order valence-electron chi connectivity index (χ3n) is 4.52. The first kappa shape index (κ1) is 18.8. The van der Waals surface area contributed by atoms with Crippen LogP contribution in [-0.2, 0) is 9.59 Å². The van der Waals surface area contributed by atoms with Crippen LogP contribution in [-0.4, -0.2) is 42.4 Å². The SMILES string of the molecule is CN(C)c1ccc([C@H]2SCC(=O)N2/N=C2\C(=O)Nc3cc(Cl)c(F)cc32)cc1. The van der Waals surface area contributed by atoms with Gasteiger partial charge in [-0.3, -0.25) is 9.59 Å². The largest absolute Gasteiger partial charge is 0.378 e. The fourth-order valence-corrected chi connectivity index (χ4v) is 4.31. The van der Waals surface area contributed by atoms with Gasteiger partial charge in [0, 0.05) is 25.3 Å². The van der Waals surface area contributed by atoms with Gasteiger partial charge in [0.15, 0.2) is 5.71 Å². The van der Waals surface area contributed by atoms with E-state index in [1.807, 2.05) is 43.3 Å². The molecule has 28 heavy (non-hydrogen) atoms. The summed E-state index contributed by atoms with van der Waals surface area (Å²) in [5, 5.41) is 7.77. The molecule has 1 atom stereocenters. The molecule has 0 unspecified atom stereocenters. The van der Waals surface area contributed by atoms with Gasteiger partial charge in [0.25, 0.3) is 11.8 Å². The van der Waals surface area contributed by atoms with Crippen molar-refractivity contribution in [1.82, 2.24) is 5.01 Å². The molecule has 0 spiro atoms. The third kappa shape index (κ3) is 3.22. The highest BCUT2D eigenvalue weighted by Gasteiger charge is 2.36. The fourth-order valence-electron chi connectivity index (χ4n) is 3.06. The summed E-state index contributed by atoms with van der Waals surface area (Å²) in [6.45, 7) is 0. The monoisotopic (exact) mass is 418 g/mol.